The number of likely N-dealkylation sites (tertiary alicyclic amines) is 2. The second-order valence-corrected chi connectivity index (χ2v) is 17.2. The minimum absolute atomic E-state index is 0.0346. The monoisotopic (exact) mass is 830 g/mol. The topological polar surface area (TPSA) is 212 Å². The number of hydrogen-bond acceptors (Lipinski definition) is 10. The van der Waals surface area contributed by atoms with Gasteiger partial charge in [0.05, 0.1) is 6.10 Å². The third-order valence-corrected chi connectivity index (χ3v) is 12.4. The van der Waals surface area contributed by atoms with Gasteiger partial charge in [-0.2, -0.15) is 11.8 Å². The maximum atomic E-state index is 14.4. The summed E-state index contributed by atoms with van der Waals surface area (Å²) in [6.07, 6.45) is 14.5. The smallest absolute Gasteiger partial charge is 0.245 e. The number of rotatable bonds is 20. The van der Waals surface area contributed by atoms with Gasteiger partial charge in [-0.15, -0.1) is 0 Å². The Bertz CT molecular complexity index is 1540. The fraction of sp³-hybridized carbons (Fsp3) is 0.756. The molecule has 3 heterocycles. The first-order valence-electron chi connectivity index (χ1n) is 21.3. The minimum Gasteiger partial charge on any atom is -0.391 e. The van der Waals surface area contributed by atoms with E-state index in [2.05, 4.69) is 33.2 Å². The van der Waals surface area contributed by atoms with Gasteiger partial charge in [-0.1, -0.05) is 46.0 Å². The SMILES string of the molecule is CCCNC(=O)[C@@H](NC(=O)[C@@H]1CCCN1C(=O)[C@H](CCSC)NC(=O)[C@@H]1CCCCN1C(=O)[C@H](CCC(=O)n1ccnc1)NC(=O)C[C@H](C)C1CCCCC1)C(C)O. The molecule has 17 heteroatoms. The zero-order chi connectivity index (χ0) is 42.2. The predicted octanol–water partition coefficient (Wildman–Crippen LogP) is 2.40. The molecule has 1 unspecified atom stereocenters. The molecule has 1 saturated carbocycles. The maximum Gasteiger partial charge on any atom is 0.245 e. The van der Waals surface area contributed by atoms with Gasteiger partial charge in [0.2, 0.25) is 41.4 Å². The van der Waals surface area contributed by atoms with Crippen molar-refractivity contribution in [2.45, 2.75) is 153 Å². The molecule has 1 aliphatic carbocycles. The van der Waals surface area contributed by atoms with Crippen LogP contribution >= 0.6 is 11.8 Å². The van der Waals surface area contributed by atoms with Crippen LogP contribution in [0.1, 0.15) is 122 Å². The molecule has 0 aromatic carbocycles. The Labute approximate surface area is 347 Å². The molecule has 3 fully saturated rings. The van der Waals surface area contributed by atoms with Crippen molar-refractivity contribution in [3.05, 3.63) is 18.7 Å². The fourth-order valence-electron chi connectivity index (χ4n) is 8.42. The van der Waals surface area contributed by atoms with Gasteiger partial charge < -0.3 is 36.2 Å². The number of aromatic nitrogens is 2. The summed E-state index contributed by atoms with van der Waals surface area (Å²) in [5.41, 5.74) is 0. The van der Waals surface area contributed by atoms with E-state index in [0.29, 0.717) is 56.7 Å². The Morgan fingerprint density at radius 1 is 0.810 bits per heavy atom. The summed E-state index contributed by atoms with van der Waals surface area (Å²) in [5, 5.41) is 21.5. The molecule has 0 bridgehead atoms. The van der Waals surface area contributed by atoms with Crippen LogP contribution < -0.4 is 21.3 Å². The number of aliphatic hydroxyl groups is 1. The first-order valence-corrected chi connectivity index (χ1v) is 22.7. The van der Waals surface area contributed by atoms with E-state index in [-0.39, 0.29) is 56.5 Å². The van der Waals surface area contributed by atoms with Crippen molar-refractivity contribution in [3.63, 3.8) is 0 Å². The van der Waals surface area contributed by atoms with Crippen molar-refractivity contribution in [1.82, 2.24) is 40.6 Å². The molecular formula is C41H66N8O8S. The first kappa shape index (κ1) is 46.7. The number of carbonyl (C=O) groups excluding carboxylic acids is 7. The van der Waals surface area contributed by atoms with Crippen molar-refractivity contribution in [2.75, 3.05) is 31.6 Å². The number of nitrogens with one attached hydrogen (secondary N) is 4. The van der Waals surface area contributed by atoms with Gasteiger partial charge >= 0.3 is 0 Å². The van der Waals surface area contributed by atoms with E-state index in [1.54, 1.807) is 0 Å². The van der Waals surface area contributed by atoms with E-state index in [1.807, 2.05) is 13.2 Å². The van der Waals surface area contributed by atoms with Crippen molar-refractivity contribution >= 4 is 53.1 Å². The van der Waals surface area contributed by atoms with Crippen LogP contribution in [0.3, 0.4) is 0 Å². The molecule has 4 rings (SSSR count). The van der Waals surface area contributed by atoms with Crippen LogP contribution in [0.5, 0.6) is 0 Å². The van der Waals surface area contributed by atoms with Crippen LogP contribution in [0.25, 0.3) is 0 Å². The van der Waals surface area contributed by atoms with Gasteiger partial charge in [-0.3, -0.25) is 38.1 Å². The first-order chi connectivity index (χ1) is 27.9. The third kappa shape index (κ3) is 13.3. The van der Waals surface area contributed by atoms with E-state index in [0.717, 1.165) is 25.7 Å². The highest BCUT2D eigenvalue weighted by Gasteiger charge is 2.42. The molecule has 2 saturated heterocycles. The molecular weight excluding hydrogens is 765 g/mol. The Morgan fingerprint density at radius 3 is 2.05 bits per heavy atom. The average Bonchev–Trinajstić information content (AvgIpc) is 3.95. The molecule has 2 aliphatic heterocycles. The molecule has 0 radical (unpaired) electrons. The highest BCUT2D eigenvalue weighted by atomic mass is 32.2. The lowest BCUT2D eigenvalue weighted by atomic mass is 9.79. The van der Waals surface area contributed by atoms with Gasteiger partial charge in [0.25, 0.3) is 0 Å². The van der Waals surface area contributed by atoms with E-state index in [4.69, 9.17) is 0 Å². The summed E-state index contributed by atoms with van der Waals surface area (Å²) in [6, 6.07) is -5.04. The van der Waals surface area contributed by atoms with Crippen LogP contribution in [0.4, 0.5) is 0 Å². The number of thioether (sulfide) groups is 1. The van der Waals surface area contributed by atoms with E-state index >= 15 is 0 Å². The van der Waals surface area contributed by atoms with E-state index in [9.17, 15) is 38.7 Å². The number of nitrogens with zero attached hydrogens (tertiary/aromatic N) is 4. The molecule has 58 heavy (non-hydrogen) atoms. The van der Waals surface area contributed by atoms with Crippen LogP contribution in [0.2, 0.25) is 0 Å². The second kappa shape index (κ2) is 23.6. The van der Waals surface area contributed by atoms with Crippen LogP contribution in [-0.4, -0.2) is 134 Å². The van der Waals surface area contributed by atoms with Crippen LogP contribution in [0, 0.1) is 11.8 Å². The summed E-state index contributed by atoms with van der Waals surface area (Å²) in [6.45, 7) is 6.30. The Morgan fingerprint density at radius 2 is 1.43 bits per heavy atom. The van der Waals surface area contributed by atoms with Crippen LogP contribution in [0.15, 0.2) is 18.7 Å². The van der Waals surface area contributed by atoms with Gasteiger partial charge in [0.15, 0.2) is 0 Å². The maximum absolute atomic E-state index is 14.4. The lowest BCUT2D eigenvalue weighted by Gasteiger charge is -2.38. The Hall–Kier alpha value is -3.99. The number of imidazole rings is 1. The van der Waals surface area contributed by atoms with E-state index in [1.165, 1.54) is 58.2 Å². The largest absolute Gasteiger partial charge is 0.391 e. The number of aliphatic hydroxyl groups excluding tert-OH is 1. The summed E-state index contributed by atoms with van der Waals surface area (Å²) < 4.78 is 1.34. The number of carbonyl (C=O) groups is 7. The van der Waals surface area contributed by atoms with Crippen molar-refractivity contribution in [3.8, 4) is 0 Å². The quantitative estimate of drug-likeness (QED) is 0.130. The molecule has 6 amide bonds. The summed E-state index contributed by atoms with van der Waals surface area (Å²) >= 11 is 1.50. The molecule has 5 N–H and O–H groups in total. The molecule has 3 aliphatic rings. The Kier molecular flexibility index (Phi) is 19.0. The fourth-order valence-corrected chi connectivity index (χ4v) is 8.89. The van der Waals surface area contributed by atoms with E-state index < -0.39 is 65.8 Å². The number of hydrogen-bond donors (Lipinski definition) is 5. The molecule has 0 spiro atoms. The summed E-state index contributed by atoms with van der Waals surface area (Å²) in [7, 11) is 0. The van der Waals surface area contributed by atoms with Gasteiger partial charge in [-0.25, -0.2) is 4.98 Å². The van der Waals surface area contributed by atoms with Crippen LogP contribution in [-0.2, 0) is 28.8 Å². The number of amides is 6. The molecule has 1 aromatic heterocycles. The predicted molar refractivity (Wildman–Crippen MR) is 220 cm³/mol. The molecule has 324 valence electrons. The summed E-state index contributed by atoms with van der Waals surface area (Å²) in [5.74, 6) is -1.89. The lowest BCUT2D eigenvalue weighted by molar-refractivity contribution is -0.147. The second-order valence-electron chi connectivity index (χ2n) is 16.2. The minimum atomic E-state index is -1.20. The molecule has 7 atom stereocenters. The van der Waals surface area contributed by atoms with Crippen molar-refractivity contribution < 1.29 is 38.7 Å². The van der Waals surface area contributed by atoms with Gasteiger partial charge in [0.1, 0.15) is 36.5 Å². The zero-order valence-corrected chi connectivity index (χ0v) is 35.6. The highest BCUT2D eigenvalue weighted by molar-refractivity contribution is 7.98. The standard InChI is InChI=1S/C41H66N8O8S/c1-5-19-43-39(55)36(28(3)50)46-38(54)33-15-11-22-49(33)41(57)31(18-24-58-4)45-37(53)32-14-9-10-21-48(32)40(56)30(16-17-35(52)47-23-20-42-26-47)44-34(51)25-27(2)29-12-7-6-8-13-29/h20,23,26-33,36,50H,5-19,21-22,24-25H2,1-4H3,(H,43,55)(H,44,51)(H,45,53)(H,46,54)/t27-,28?,30-,31-,32-,33-,36-/m0/s1. The zero-order valence-electron chi connectivity index (χ0n) is 34.8. The Balaban J connectivity index is 1.48. The highest BCUT2D eigenvalue weighted by Crippen LogP contribution is 2.31. The summed E-state index contributed by atoms with van der Waals surface area (Å²) in [4.78, 5) is 102. The number of piperidine rings is 1. The van der Waals surface area contributed by atoms with Crippen molar-refractivity contribution in [1.29, 1.82) is 0 Å². The van der Waals surface area contributed by atoms with Gasteiger partial charge in [-0.05, 0) is 82.1 Å². The lowest BCUT2D eigenvalue weighted by Crippen LogP contribution is -2.61. The molecule has 1 aromatic rings. The molecule has 16 nitrogen and oxygen atoms in total. The normalized spacial score (nSPS) is 21.3. The third-order valence-electron chi connectivity index (χ3n) is 11.8. The van der Waals surface area contributed by atoms with Crippen molar-refractivity contribution in [2.24, 2.45) is 11.8 Å². The average molecular weight is 831 g/mol. The van der Waals surface area contributed by atoms with Gasteiger partial charge in [0, 0.05) is 44.9 Å².